The zero-order valence-corrected chi connectivity index (χ0v) is 15.9. The van der Waals surface area contributed by atoms with E-state index in [4.69, 9.17) is 0 Å². The number of hydrogen-bond donors (Lipinski definition) is 2. The van der Waals surface area contributed by atoms with Crippen LogP contribution in [-0.2, 0) is 4.74 Å². The van der Waals surface area contributed by atoms with Crippen LogP contribution in [-0.4, -0.2) is 29.9 Å². The first-order valence-electron chi connectivity index (χ1n) is 8.80. The monoisotopic (exact) mass is 389 g/mol. The first-order chi connectivity index (χ1) is 14.0. The number of esters is 1. The molecule has 0 fully saturated rings. The van der Waals surface area contributed by atoms with Gasteiger partial charge >= 0.3 is 5.97 Å². The van der Waals surface area contributed by atoms with Crippen LogP contribution >= 0.6 is 0 Å². The van der Waals surface area contributed by atoms with E-state index in [2.05, 4.69) is 20.4 Å². The highest BCUT2D eigenvalue weighted by atomic mass is 16.5. The number of rotatable bonds is 5. The molecule has 0 saturated carbocycles. The molecule has 7 nitrogen and oxygen atoms in total. The molecule has 0 atom stereocenters. The largest absolute Gasteiger partial charge is 0.465 e. The molecule has 0 radical (unpaired) electrons. The van der Waals surface area contributed by atoms with Crippen molar-refractivity contribution in [2.24, 2.45) is 0 Å². The van der Waals surface area contributed by atoms with Crippen LogP contribution in [0.15, 0.2) is 66.9 Å². The van der Waals surface area contributed by atoms with E-state index in [9.17, 15) is 14.4 Å². The number of pyridine rings is 1. The zero-order chi connectivity index (χ0) is 20.8. The molecular weight excluding hydrogens is 370 g/mol. The number of carbonyl (C=O) groups is 3. The highest BCUT2D eigenvalue weighted by molar-refractivity contribution is 6.08. The van der Waals surface area contributed by atoms with Crippen molar-refractivity contribution in [3.63, 3.8) is 0 Å². The average molecular weight is 389 g/mol. The minimum atomic E-state index is -0.506. The number of hydrogen-bond acceptors (Lipinski definition) is 5. The van der Waals surface area contributed by atoms with Crippen LogP contribution in [0.1, 0.15) is 36.8 Å². The number of aromatic nitrogens is 1. The Hall–Kier alpha value is -4.00. The molecule has 0 aliphatic heterocycles. The first kappa shape index (κ1) is 19.8. The first-order valence-corrected chi connectivity index (χ1v) is 8.80. The summed E-state index contributed by atoms with van der Waals surface area (Å²) >= 11 is 0. The quantitative estimate of drug-likeness (QED) is 0.649. The van der Waals surface area contributed by atoms with Gasteiger partial charge in [0.1, 0.15) is 5.69 Å². The summed E-state index contributed by atoms with van der Waals surface area (Å²) < 4.78 is 4.67. The summed E-state index contributed by atoms with van der Waals surface area (Å²) in [6.07, 6.45) is 1.39. The Morgan fingerprint density at radius 3 is 2.28 bits per heavy atom. The van der Waals surface area contributed by atoms with Crippen molar-refractivity contribution in [1.82, 2.24) is 4.98 Å². The number of nitrogens with one attached hydrogen (secondary N) is 2. The molecule has 7 heteroatoms. The number of ether oxygens (including phenoxy) is 1. The van der Waals surface area contributed by atoms with Crippen molar-refractivity contribution in [1.29, 1.82) is 0 Å². The number of nitrogens with zero attached hydrogens (tertiary/aromatic N) is 1. The third kappa shape index (κ3) is 5.04. The Labute approximate surface area is 167 Å². The van der Waals surface area contributed by atoms with Crippen molar-refractivity contribution in [2.45, 2.75) is 6.92 Å². The highest BCUT2D eigenvalue weighted by Gasteiger charge is 2.13. The summed E-state index contributed by atoms with van der Waals surface area (Å²) in [6.45, 7) is 1.96. The predicted molar refractivity (Wildman–Crippen MR) is 109 cm³/mol. The molecular formula is C22H19N3O4. The molecule has 0 bridgehead atoms. The molecule has 3 aromatic rings. The standard InChI is InChI=1S/C22H19N3O4/c1-14-6-8-17(9-7-14)24-20(26)15-10-11-23-19(13-15)21(27)25-18-5-3-4-16(12-18)22(28)29-2/h3-13H,1-2H3,(H,24,26)(H,25,27). The number of amides is 2. The topological polar surface area (TPSA) is 97.4 Å². The fraction of sp³-hybridized carbons (Fsp3) is 0.0909. The third-order valence-corrected chi connectivity index (χ3v) is 4.11. The molecule has 1 aromatic heterocycles. The van der Waals surface area contributed by atoms with E-state index < -0.39 is 11.9 Å². The van der Waals surface area contributed by atoms with Crippen LogP contribution in [0.5, 0.6) is 0 Å². The lowest BCUT2D eigenvalue weighted by molar-refractivity contribution is 0.0600. The second-order valence-corrected chi connectivity index (χ2v) is 6.28. The van der Waals surface area contributed by atoms with Gasteiger partial charge in [-0.05, 0) is 49.4 Å². The Balaban J connectivity index is 1.73. The van der Waals surface area contributed by atoms with Gasteiger partial charge in [0.25, 0.3) is 11.8 Å². The summed E-state index contributed by atoms with van der Waals surface area (Å²) in [5.74, 6) is -1.36. The van der Waals surface area contributed by atoms with Gasteiger partial charge in [-0.25, -0.2) is 4.79 Å². The van der Waals surface area contributed by atoms with E-state index in [0.717, 1.165) is 5.56 Å². The Bertz CT molecular complexity index is 1060. The van der Waals surface area contributed by atoms with Gasteiger partial charge in [-0.15, -0.1) is 0 Å². The SMILES string of the molecule is COC(=O)c1cccc(NC(=O)c2cc(C(=O)Nc3ccc(C)cc3)ccn2)c1. The summed E-state index contributed by atoms with van der Waals surface area (Å²) in [7, 11) is 1.28. The summed E-state index contributed by atoms with van der Waals surface area (Å²) in [5, 5.41) is 5.44. The van der Waals surface area contributed by atoms with Gasteiger partial charge in [0.15, 0.2) is 0 Å². The lowest BCUT2D eigenvalue weighted by Gasteiger charge is -2.08. The molecule has 0 unspecified atom stereocenters. The minimum absolute atomic E-state index is 0.0741. The van der Waals surface area contributed by atoms with Crippen LogP contribution in [0.3, 0.4) is 0 Å². The van der Waals surface area contributed by atoms with Crippen molar-refractivity contribution in [2.75, 3.05) is 17.7 Å². The maximum Gasteiger partial charge on any atom is 0.337 e. The van der Waals surface area contributed by atoms with E-state index in [-0.39, 0.29) is 11.6 Å². The molecule has 1 heterocycles. The molecule has 29 heavy (non-hydrogen) atoms. The molecule has 2 aromatic carbocycles. The summed E-state index contributed by atoms with van der Waals surface area (Å²) in [5.41, 5.74) is 2.84. The summed E-state index contributed by atoms with van der Waals surface area (Å²) in [4.78, 5) is 40.6. The third-order valence-electron chi connectivity index (χ3n) is 4.11. The maximum atomic E-state index is 12.5. The fourth-order valence-corrected chi connectivity index (χ4v) is 2.57. The fourth-order valence-electron chi connectivity index (χ4n) is 2.57. The van der Waals surface area contributed by atoms with Crippen molar-refractivity contribution < 1.29 is 19.1 Å². The van der Waals surface area contributed by atoms with E-state index in [1.165, 1.54) is 31.5 Å². The second-order valence-electron chi connectivity index (χ2n) is 6.28. The molecule has 0 spiro atoms. The Morgan fingerprint density at radius 2 is 1.55 bits per heavy atom. The van der Waals surface area contributed by atoms with E-state index in [1.807, 2.05) is 19.1 Å². The lowest BCUT2D eigenvalue weighted by atomic mass is 10.1. The number of anilines is 2. The smallest absolute Gasteiger partial charge is 0.337 e. The average Bonchev–Trinajstić information content (AvgIpc) is 2.75. The molecule has 0 saturated heterocycles. The summed E-state index contributed by atoms with van der Waals surface area (Å²) in [6, 6.07) is 16.7. The highest BCUT2D eigenvalue weighted by Crippen LogP contribution is 2.14. The van der Waals surface area contributed by atoms with E-state index in [0.29, 0.717) is 22.5 Å². The van der Waals surface area contributed by atoms with Gasteiger partial charge in [-0.3, -0.25) is 14.6 Å². The number of aryl methyl sites for hydroxylation is 1. The molecule has 0 aliphatic rings. The minimum Gasteiger partial charge on any atom is -0.465 e. The van der Waals surface area contributed by atoms with E-state index in [1.54, 1.807) is 30.3 Å². The van der Waals surface area contributed by atoms with Crippen LogP contribution in [0.25, 0.3) is 0 Å². The second kappa shape index (κ2) is 8.79. The molecule has 3 rings (SSSR count). The van der Waals surface area contributed by atoms with Crippen LogP contribution < -0.4 is 10.6 Å². The maximum absolute atomic E-state index is 12.5. The van der Waals surface area contributed by atoms with Gasteiger partial charge in [0.05, 0.1) is 12.7 Å². The number of benzene rings is 2. The van der Waals surface area contributed by atoms with Crippen LogP contribution in [0.2, 0.25) is 0 Å². The zero-order valence-electron chi connectivity index (χ0n) is 15.9. The van der Waals surface area contributed by atoms with Crippen molar-refractivity contribution in [3.05, 3.63) is 89.2 Å². The predicted octanol–water partition coefficient (Wildman–Crippen LogP) is 3.68. The van der Waals surface area contributed by atoms with Gasteiger partial charge in [0.2, 0.25) is 0 Å². The van der Waals surface area contributed by atoms with Crippen LogP contribution in [0.4, 0.5) is 11.4 Å². The van der Waals surface area contributed by atoms with Crippen molar-refractivity contribution in [3.8, 4) is 0 Å². The van der Waals surface area contributed by atoms with Gasteiger partial charge in [0, 0.05) is 23.1 Å². The van der Waals surface area contributed by atoms with Crippen LogP contribution in [0, 0.1) is 6.92 Å². The Morgan fingerprint density at radius 1 is 0.828 bits per heavy atom. The molecule has 2 amide bonds. The molecule has 0 aliphatic carbocycles. The van der Waals surface area contributed by atoms with Gasteiger partial charge in [-0.1, -0.05) is 23.8 Å². The van der Waals surface area contributed by atoms with Crippen molar-refractivity contribution >= 4 is 29.2 Å². The molecule has 2 N–H and O–H groups in total. The van der Waals surface area contributed by atoms with Gasteiger partial charge in [-0.2, -0.15) is 0 Å². The number of methoxy groups -OCH3 is 1. The Kier molecular flexibility index (Phi) is 5.99. The number of carbonyl (C=O) groups excluding carboxylic acids is 3. The normalized spacial score (nSPS) is 10.1. The van der Waals surface area contributed by atoms with Gasteiger partial charge < -0.3 is 15.4 Å². The lowest BCUT2D eigenvalue weighted by Crippen LogP contribution is -2.17. The van der Waals surface area contributed by atoms with E-state index >= 15 is 0 Å². The molecule has 146 valence electrons.